The van der Waals surface area contributed by atoms with E-state index in [1.807, 2.05) is 24.3 Å². The van der Waals surface area contributed by atoms with Crippen molar-refractivity contribution in [2.75, 3.05) is 7.11 Å². The van der Waals surface area contributed by atoms with E-state index in [0.717, 1.165) is 16.9 Å². The molecule has 0 bridgehead atoms. The average molecular weight is 295 g/mol. The van der Waals surface area contributed by atoms with Crippen LogP contribution in [0.2, 0.25) is 0 Å². The molecule has 0 aliphatic rings. The molecule has 2 heterocycles. The number of aromatic hydroxyl groups is 1. The van der Waals surface area contributed by atoms with Gasteiger partial charge in [0.15, 0.2) is 0 Å². The molecule has 0 unspecified atom stereocenters. The van der Waals surface area contributed by atoms with Gasteiger partial charge in [0.25, 0.3) is 5.89 Å². The lowest BCUT2D eigenvalue weighted by Crippen LogP contribution is -1.84. The highest BCUT2D eigenvalue weighted by Gasteiger charge is 2.06. The number of ether oxygens (including phenoxy) is 1. The van der Waals surface area contributed by atoms with Crippen molar-refractivity contribution >= 4 is 12.2 Å². The maximum absolute atomic E-state index is 9.35. The molecule has 22 heavy (non-hydrogen) atoms. The van der Waals surface area contributed by atoms with E-state index >= 15 is 0 Å². The topological polar surface area (TPSA) is 81.3 Å². The van der Waals surface area contributed by atoms with Gasteiger partial charge in [-0.2, -0.15) is 4.98 Å². The summed E-state index contributed by atoms with van der Waals surface area (Å²) in [7, 11) is 1.61. The number of hydrogen-bond acceptors (Lipinski definition) is 6. The van der Waals surface area contributed by atoms with Crippen LogP contribution in [0.3, 0.4) is 0 Å². The fraction of sp³-hybridized carbons (Fsp3) is 0.0625. The third-order valence-corrected chi connectivity index (χ3v) is 2.95. The molecule has 6 heteroatoms. The van der Waals surface area contributed by atoms with Gasteiger partial charge in [-0.1, -0.05) is 5.16 Å². The molecular formula is C16H13N3O3. The first kappa shape index (κ1) is 13.8. The normalized spacial score (nSPS) is 11.0. The zero-order valence-corrected chi connectivity index (χ0v) is 11.8. The molecule has 0 fully saturated rings. The van der Waals surface area contributed by atoms with Gasteiger partial charge in [0.05, 0.1) is 13.3 Å². The molecule has 6 nitrogen and oxygen atoms in total. The number of rotatable bonds is 4. The summed E-state index contributed by atoms with van der Waals surface area (Å²) in [6, 6.07) is 8.97. The van der Waals surface area contributed by atoms with Gasteiger partial charge in [-0.3, -0.25) is 4.98 Å². The minimum absolute atomic E-state index is 0.103. The van der Waals surface area contributed by atoms with Crippen molar-refractivity contribution in [3.05, 3.63) is 54.2 Å². The van der Waals surface area contributed by atoms with Gasteiger partial charge in [-0.25, -0.2) is 0 Å². The van der Waals surface area contributed by atoms with E-state index in [4.69, 9.17) is 9.26 Å². The van der Waals surface area contributed by atoms with E-state index in [-0.39, 0.29) is 5.75 Å². The monoisotopic (exact) mass is 295 g/mol. The van der Waals surface area contributed by atoms with E-state index in [1.165, 1.54) is 6.20 Å². The number of hydrogen-bond donors (Lipinski definition) is 1. The molecule has 1 N–H and O–H groups in total. The fourth-order valence-corrected chi connectivity index (χ4v) is 1.86. The van der Waals surface area contributed by atoms with Crippen molar-refractivity contribution in [2.45, 2.75) is 0 Å². The Morgan fingerprint density at radius 2 is 1.95 bits per heavy atom. The van der Waals surface area contributed by atoms with Crippen molar-refractivity contribution < 1.29 is 14.4 Å². The molecule has 110 valence electrons. The van der Waals surface area contributed by atoms with Gasteiger partial charge in [0.1, 0.15) is 11.5 Å². The van der Waals surface area contributed by atoms with Crippen LogP contribution in [0, 0.1) is 0 Å². The van der Waals surface area contributed by atoms with Crippen molar-refractivity contribution in [3.8, 4) is 22.9 Å². The van der Waals surface area contributed by atoms with Gasteiger partial charge < -0.3 is 14.4 Å². The van der Waals surface area contributed by atoms with Gasteiger partial charge in [-0.15, -0.1) is 0 Å². The lowest BCUT2D eigenvalue weighted by atomic mass is 10.2. The molecule has 0 amide bonds. The molecule has 3 rings (SSSR count). The summed E-state index contributed by atoms with van der Waals surface area (Å²) in [6.45, 7) is 0. The zero-order chi connectivity index (χ0) is 15.4. The predicted molar refractivity (Wildman–Crippen MR) is 81.1 cm³/mol. The summed E-state index contributed by atoms with van der Waals surface area (Å²) in [5.74, 6) is 1.74. The SMILES string of the molecule is COc1ccc(-c2noc(C=Cc3cncc(O)c3)n2)cc1. The third-order valence-electron chi connectivity index (χ3n) is 2.95. The van der Waals surface area contributed by atoms with Crippen LogP contribution in [-0.2, 0) is 0 Å². The molecule has 2 aromatic heterocycles. The lowest BCUT2D eigenvalue weighted by molar-refractivity contribution is 0.411. The van der Waals surface area contributed by atoms with E-state index < -0.39 is 0 Å². The number of methoxy groups -OCH3 is 1. The Hall–Kier alpha value is -3.15. The molecule has 1 aromatic carbocycles. The smallest absolute Gasteiger partial charge is 0.250 e. The van der Waals surface area contributed by atoms with Gasteiger partial charge in [0.2, 0.25) is 5.82 Å². The predicted octanol–water partition coefficient (Wildman–Crippen LogP) is 3.02. The molecule has 0 aliphatic heterocycles. The van der Waals surface area contributed by atoms with Crippen LogP contribution in [0.5, 0.6) is 11.5 Å². The first-order chi connectivity index (χ1) is 10.7. The standard InChI is InChI=1S/C16H13N3O3/c1-21-14-5-3-12(4-6-14)16-18-15(22-19-16)7-2-11-8-13(20)10-17-9-11/h2-10,20H,1H3. The van der Waals surface area contributed by atoms with Crippen LogP contribution in [0.1, 0.15) is 11.5 Å². The summed E-state index contributed by atoms with van der Waals surface area (Å²) >= 11 is 0. The molecule has 0 aliphatic carbocycles. The largest absolute Gasteiger partial charge is 0.506 e. The van der Waals surface area contributed by atoms with E-state index in [1.54, 1.807) is 31.5 Å². The molecule has 3 aromatic rings. The van der Waals surface area contributed by atoms with Crippen molar-refractivity contribution in [3.63, 3.8) is 0 Å². The molecular weight excluding hydrogens is 282 g/mol. The maximum atomic E-state index is 9.35. The lowest BCUT2D eigenvalue weighted by Gasteiger charge is -1.98. The Kier molecular flexibility index (Phi) is 3.82. The Balaban J connectivity index is 1.78. The average Bonchev–Trinajstić information content (AvgIpc) is 3.02. The van der Waals surface area contributed by atoms with Crippen molar-refractivity contribution in [1.29, 1.82) is 0 Å². The first-order valence-electron chi connectivity index (χ1n) is 6.55. The zero-order valence-electron chi connectivity index (χ0n) is 11.8. The quantitative estimate of drug-likeness (QED) is 0.796. The molecule has 0 radical (unpaired) electrons. The Morgan fingerprint density at radius 1 is 1.14 bits per heavy atom. The second-order valence-corrected chi connectivity index (χ2v) is 4.49. The highest BCUT2D eigenvalue weighted by atomic mass is 16.5. The number of aromatic nitrogens is 3. The number of nitrogens with zero attached hydrogens (tertiary/aromatic N) is 3. The van der Waals surface area contributed by atoms with Crippen LogP contribution in [0.25, 0.3) is 23.5 Å². The van der Waals surface area contributed by atoms with E-state index in [9.17, 15) is 5.11 Å². The van der Waals surface area contributed by atoms with Crippen LogP contribution in [-0.4, -0.2) is 27.3 Å². The Morgan fingerprint density at radius 3 is 2.68 bits per heavy atom. The number of benzene rings is 1. The highest BCUT2D eigenvalue weighted by Crippen LogP contribution is 2.20. The van der Waals surface area contributed by atoms with Crippen LogP contribution in [0.15, 0.2) is 47.2 Å². The Bertz CT molecular complexity index is 794. The maximum Gasteiger partial charge on any atom is 0.250 e. The molecule has 0 spiro atoms. The fourth-order valence-electron chi connectivity index (χ4n) is 1.86. The summed E-state index contributed by atoms with van der Waals surface area (Å²) in [5.41, 5.74) is 1.58. The summed E-state index contributed by atoms with van der Waals surface area (Å²) in [5, 5.41) is 13.3. The highest BCUT2D eigenvalue weighted by molar-refractivity contribution is 5.67. The number of pyridine rings is 1. The van der Waals surface area contributed by atoms with Crippen LogP contribution >= 0.6 is 0 Å². The molecule has 0 saturated heterocycles. The summed E-state index contributed by atoms with van der Waals surface area (Å²) in [4.78, 5) is 8.17. The Labute approximate surface area is 126 Å². The van der Waals surface area contributed by atoms with Gasteiger partial charge >= 0.3 is 0 Å². The van der Waals surface area contributed by atoms with Crippen molar-refractivity contribution in [1.82, 2.24) is 15.1 Å². The first-order valence-corrected chi connectivity index (χ1v) is 6.55. The second kappa shape index (κ2) is 6.09. The van der Waals surface area contributed by atoms with E-state index in [0.29, 0.717) is 11.7 Å². The molecule has 0 saturated carbocycles. The van der Waals surface area contributed by atoms with Crippen LogP contribution < -0.4 is 4.74 Å². The molecule has 0 atom stereocenters. The van der Waals surface area contributed by atoms with Gasteiger partial charge in [0, 0.05) is 17.8 Å². The van der Waals surface area contributed by atoms with E-state index in [2.05, 4.69) is 15.1 Å². The summed E-state index contributed by atoms with van der Waals surface area (Å²) in [6.07, 6.45) is 6.39. The minimum Gasteiger partial charge on any atom is -0.506 e. The van der Waals surface area contributed by atoms with Gasteiger partial charge in [-0.05, 0) is 42.0 Å². The third kappa shape index (κ3) is 3.12. The van der Waals surface area contributed by atoms with Crippen LogP contribution in [0.4, 0.5) is 0 Å². The minimum atomic E-state index is 0.103. The van der Waals surface area contributed by atoms with Crippen molar-refractivity contribution in [2.24, 2.45) is 0 Å². The summed E-state index contributed by atoms with van der Waals surface area (Å²) < 4.78 is 10.3. The second-order valence-electron chi connectivity index (χ2n) is 4.49.